The summed E-state index contributed by atoms with van der Waals surface area (Å²) in [6.45, 7) is 2.83. The van der Waals surface area contributed by atoms with E-state index in [0.717, 1.165) is 56.9 Å². The average molecular weight is 248 g/mol. The third kappa shape index (κ3) is 2.47. The molecular formula is C13H20N4O. The molecule has 0 spiro atoms. The van der Waals surface area contributed by atoms with E-state index in [2.05, 4.69) is 20.9 Å². The second kappa shape index (κ2) is 5.20. The van der Waals surface area contributed by atoms with E-state index in [1.165, 1.54) is 0 Å². The molecule has 98 valence electrons. The summed E-state index contributed by atoms with van der Waals surface area (Å²) in [4.78, 5) is 11.0. The zero-order valence-corrected chi connectivity index (χ0v) is 10.6. The number of hydrogen-bond acceptors (Lipinski definition) is 5. The number of aromatic nitrogens is 2. The molecule has 3 rings (SSSR count). The number of piperidine rings is 1. The molecule has 1 aromatic rings. The normalized spacial score (nSPS) is 25.6. The SMILES string of the molecule is NC1CCN(c2cc(C3CCCO3)ncn2)CC1. The van der Waals surface area contributed by atoms with Crippen molar-refractivity contribution in [1.82, 2.24) is 9.97 Å². The van der Waals surface area contributed by atoms with Gasteiger partial charge in [0.1, 0.15) is 12.1 Å². The van der Waals surface area contributed by atoms with Crippen LogP contribution in [0.1, 0.15) is 37.5 Å². The number of anilines is 1. The molecule has 0 bridgehead atoms. The minimum Gasteiger partial charge on any atom is -0.372 e. The number of ether oxygens (including phenoxy) is 1. The van der Waals surface area contributed by atoms with E-state index in [0.29, 0.717) is 6.04 Å². The van der Waals surface area contributed by atoms with Crippen molar-refractivity contribution in [2.24, 2.45) is 5.73 Å². The van der Waals surface area contributed by atoms with Crippen molar-refractivity contribution in [2.75, 3.05) is 24.6 Å². The molecule has 2 saturated heterocycles. The van der Waals surface area contributed by atoms with Gasteiger partial charge in [-0.3, -0.25) is 0 Å². The molecule has 0 amide bonds. The predicted molar refractivity (Wildman–Crippen MR) is 69.4 cm³/mol. The van der Waals surface area contributed by atoms with Crippen molar-refractivity contribution in [2.45, 2.75) is 37.8 Å². The van der Waals surface area contributed by atoms with E-state index in [9.17, 15) is 0 Å². The molecule has 2 N–H and O–H groups in total. The average Bonchev–Trinajstić information content (AvgIpc) is 2.94. The zero-order chi connectivity index (χ0) is 12.4. The number of nitrogens with two attached hydrogens (primary N) is 1. The van der Waals surface area contributed by atoms with Gasteiger partial charge in [-0.25, -0.2) is 9.97 Å². The maximum absolute atomic E-state index is 5.93. The first-order chi connectivity index (χ1) is 8.83. The van der Waals surface area contributed by atoms with Gasteiger partial charge in [0, 0.05) is 31.8 Å². The van der Waals surface area contributed by atoms with Crippen LogP contribution in [0.25, 0.3) is 0 Å². The highest BCUT2D eigenvalue weighted by Gasteiger charge is 2.22. The number of nitrogens with zero attached hydrogens (tertiary/aromatic N) is 3. The highest BCUT2D eigenvalue weighted by molar-refractivity contribution is 5.40. The van der Waals surface area contributed by atoms with Gasteiger partial charge in [-0.05, 0) is 25.7 Å². The van der Waals surface area contributed by atoms with Crippen LogP contribution < -0.4 is 10.6 Å². The van der Waals surface area contributed by atoms with E-state index in [-0.39, 0.29) is 6.10 Å². The summed E-state index contributed by atoms with van der Waals surface area (Å²) in [6.07, 6.45) is 6.10. The van der Waals surface area contributed by atoms with Crippen molar-refractivity contribution >= 4 is 5.82 Å². The summed E-state index contributed by atoms with van der Waals surface area (Å²) in [5, 5.41) is 0. The van der Waals surface area contributed by atoms with E-state index >= 15 is 0 Å². The van der Waals surface area contributed by atoms with Crippen molar-refractivity contribution in [3.8, 4) is 0 Å². The summed E-state index contributed by atoms with van der Waals surface area (Å²) in [7, 11) is 0. The Balaban J connectivity index is 1.74. The molecule has 2 fully saturated rings. The first-order valence-electron chi connectivity index (χ1n) is 6.77. The first kappa shape index (κ1) is 11.9. The van der Waals surface area contributed by atoms with Crippen LogP contribution in [-0.2, 0) is 4.74 Å². The number of rotatable bonds is 2. The lowest BCUT2D eigenvalue weighted by Crippen LogP contribution is -2.40. The molecule has 2 aliphatic heterocycles. The van der Waals surface area contributed by atoms with Gasteiger partial charge in [-0.15, -0.1) is 0 Å². The Morgan fingerprint density at radius 3 is 2.78 bits per heavy atom. The fraction of sp³-hybridized carbons (Fsp3) is 0.692. The van der Waals surface area contributed by atoms with E-state index in [1.54, 1.807) is 6.33 Å². The Morgan fingerprint density at radius 1 is 1.22 bits per heavy atom. The molecule has 18 heavy (non-hydrogen) atoms. The zero-order valence-electron chi connectivity index (χ0n) is 10.6. The van der Waals surface area contributed by atoms with Gasteiger partial charge in [0.05, 0.1) is 11.8 Å². The Hall–Kier alpha value is -1.20. The Morgan fingerprint density at radius 2 is 2.06 bits per heavy atom. The highest BCUT2D eigenvalue weighted by atomic mass is 16.5. The highest BCUT2D eigenvalue weighted by Crippen LogP contribution is 2.28. The Kier molecular flexibility index (Phi) is 3.43. The second-order valence-corrected chi connectivity index (χ2v) is 5.13. The predicted octanol–water partition coefficient (Wildman–Crippen LogP) is 1.26. The Labute approximate surface area is 107 Å². The molecule has 1 unspecified atom stereocenters. The van der Waals surface area contributed by atoms with E-state index < -0.39 is 0 Å². The quantitative estimate of drug-likeness (QED) is 0.853. The Bertz CT molecular complexity index is 398. The summed E-state index contributed by atoms with van der Waals surface area (Å²) in [6, 6.07) is 2.42. The molecule has 5 nitrogen and oxygen atoms in total. The van der Waals surface area contributed by atoms with Crippen LogP contribution in [0.4, 0.5) is 5.82 Å². The summed E-state index contributed by atoms with van der Waals surface area (Å²) < 4.78 is 5.67. The topological polar surface area (TPSA) is 64.3 Å². The van der Waals surface area contributed by atoms with Crippen LogP contribution in [0.3, 0.4) is 0 Å². The summed E-state index contributed by atoms with van der Waals surface area (Å²) in [5.74, 6) is 1.02. The second-order valence-electron chi connectivity index (χ2n) is 5.13. The lowest BCUT2D eigenvalue weighted by Gasteiger charge is -2.31. The fourth-order valence-corrected chi connectivity index (χ4v) is 2.65. The van der Waals surface area contributed by atoms with Gasteiger partial charge >= 0.3 is 0 Å². The van der Waals surface area contributed by atoms with Crippen LogP contribution in [0.2, 0.25) is 0 Å². The van der Waals surface area contributed by atoms with Crippen molar-refractivity contribution in [3.63, 3.8) is 0 Å². The maximum atomic E-state index is 5.93. The van der Waals surface area contributed by atoms with Crippen LogP contribution in [0, 0.1) is 0 Å². The van der Waals surface area contributed by atoms with Crippen molar-refractivity contribution in [3.05, 3.63) is 18.1 Å². The van der Waals surface area contributed by atoms with Gasteiger partial charge in [0.15, 0.2) is 0 Å². The van der Waals surface area contributed by atoms with Gasteiger partial charge < -0.3 is 15.4 Å². The minimum atomic E-state index is 0.166. The molecule has 1 aromatic heterocycles. The third-order valence-corrected chi connectivity index (χ3v) is 3.80. The van der Waals surface area contributed by atoms with E-state index in [1.807, 2.05) is 0 Å². The number of hydrogen-bond donors (Lipinski definition) is 1. The monoisotopic (exact) mass is 248 g/mol. The minimum absolute atomic E-state index is 0.166. The third-order valence-electron chi connectivity index (χ3n) is 3.80. The lowest BCUT2D eigenvalue weighted by molar-refractivity contribution is 0.108. The van der Waals surface area contributed by atoms with Crippen molar-refractivity contribution < 1.29 is 4.74 Å². The maximum Gasteiger partial charge on any atom is 0.132 e. The molecule has 0 saturated carbocycles. The van der Waals surface area contributed by atoms with Gasteiger partial charge in [-0.1, -0.05) is 0 Å². The van der Waals surface area contributed by atoms with Crippen LogP contribution in [0.5, 0.6) is 0 Å². The first-order valence-corrected chi connectivity index (χ1v) is 6.77. The molecule has 0 aromatic carbocycles. The van der Waals surface area contributed by atoms with Crippen LogP contribution >= 0.6 is 0 Å². The van der Waals surface area contributed by atoms with Crippen molar-refractivity contribution in [1.29, 1.82) is 0 Å². The standard InChI is InChI=1S/C13H20N4O/c14-10-3-5-17(6-4-10)13-8-11(15-9-16-13)12-2-1-7-18-12/h8-10,12H,1-7,14H2. The molecule has 1 atom stereocenters. The molecular weight excluding hydrogens is 228 g/mol. The smallest absolute Gasteiger partial charge is 0.132 e. The summed E-state index contributed by atoms with van der Waals surface area (Å²) in [5.41, 5.74) is 6.95. The van der Waals surface area contributed by atoms with Crippen LogP contribution in [0.15, 0.2) is 12.4 Å². The van der Waals surface area contributed by atoms with Crippen LogP contribution in [-0.4, -0.2) is 35.7 Å². The van der Waals surface area contributed by atoms with Gasteiger partial charge in [0.25, 0.3) is 0 Å². The fourth-order valence-electron chi connectivity index (χ4n) is 2.65. The van der Waals surface area contributed by atoms with Gasteiger partial charge in [-0.2, -0.15) is 0 Å². The molecule has 0 aliphatic carbocycles. The molecule has 0 radical (unpaired) electrons. The van der Waals surface area contributed by atoms with Gasteiger partial charge in [0.2, 0.25) is 0 Å². The lowest BCUT2D eigenvalue weighted by atomic mass is 10.1. The molecule has 3 heterocycles. The summed E-state index contributed by atoms with van der Waals surface area (Å²) >= 11 is 0. The van der Waals surface area contributed by atoms with E-state index in [4.69, 9.17) is 10.5 Å². The molecule has 2 aliphatic rings. The largest absolute Gasteiger partial charge is 0.372 e. The molecule has 5 heteroatoms.